The van der Waals surface area contributed by atoms with Crippen molar-refractivity contribution >= 4 is 21.7 Å². The summed E-state index contributed by atoms with van der Waals surface area (Å²) in [5.74, 6) is 0.689. The average Bonchev–Trinajstić information content (AvgIpc) is 2.47. The molecule has 3 rings (SSSR count). The van der Waals surface area contributed by atoms with Crippen molar-refractivity contribution in [3.8, 4) is 0 Å². The Labute approximate surface area is 131 Å². The summed E-state index contributed by atoms with van der Waals surface area (Å²) in [6.07, 6.45) is 3.90. The van der Waals surface area contributed by atoms with Crippen LogP contribution in [0.4, 0.5) is 10.2 Å². The van der Waals surface area contributed by atoms with E-state index in [-0.39, 0.29) is 11.9 Å². The third kappa shape index (κ3) is 3.22. The summed E-state index contributed by atoms with van der Waals surface area (Å²) >= 11 is 3.41. The van der Waals surface area contributed by atoms with Gasteiger partial charge in [-0.3, -0.25) is 4.98 Å². The summed E-state index contributed by atoms with van der Waals surface area (Å²) in [5.41, 5.74) is 2.02. The van der Waals surface area contributed by atoms with Gasteiger partial charge < -0.3 is 10.2 Å². The second-order valence-corrected chi connectivity index (χ2v) is 6.01. The van der Waals surface area contributed by atoms with Gasteiger partial charge in [0.2, 0.25) is 0 Å². The second-order valence-electron chi connectivity index (χ2n) is 5.20. The molecule has 0 spiro atoms. The zero-order valence-electron chi connectivity index (χ0n) is 11.7. The Morgan fingerprint density at radius 1 is 1.43 bits per heavy atom. The molecule has 2 aromatic rings. The molecule has 6 heteroatoms. The van der Waals surface area contributed by atoms with Crippen LogP contribution in [-0.2, 0) is 6.54 Å². The molecule has 0 amide bonds. The van der Waals surface area contributed by atoms with Crippen LogP contribution in [0.2, 0.25) is 0 Å². The maximum absolute atomic E-state index is 13.2. The van der Waals surface area contributed by atoms with E-state index in [4.69, 9.17) is 0 Å². The normalized spacial score (nSPS) is 17.7. The van der Waals surface area contributed by atoms with E-state index in [2.05, 4.69) is 42.2 Å². The molecule has 110 valence electrons. The first-order valence-corrected chi connectivity index (χ1v) is 7.63. The van der Waals surface area contributed by atoms with E-state index < -0.39 is 0 Å². The Kier molecular flexibility index (Phi) is 4.17. The van der Waals surface area contributed by atoms with Gasteiger partial charge in [0.1, 0.15) is 16.2 Å². The molecule has 1 N–H and O–H groups in total. The Hall–Kier alpha value is -1.53. The van der Waals surface area contributed by atoms with Gasteiger partial charge in [0.25, 0.3) is 0 Å². The highest BCUT2D eigenvalue weighted by Gasteiger charge is 2.24. The molecule has 0 saturated heterocycles. The van der Waals surface area contributed by atoms with Gasteiger partial charge in [-0.15, -0.1) is 0 Å². The molecular formula is C15H16BrFN4. The fourth-order valence-electron chi connectivity index (χ4n) is 2.60. The van der Waals surface area contributed by atoms with E-state index in [0.29, 0.717) is 6.54 Å². The van der Waals surface area contributed by atoms with Gasteiger partial charge in [-0.2, -0.15) is 0 Å². The molecule has 1 aliphatic rings. The smallest absolute Gasteiger partial charge is 0.141 e. The number of nitrogens with zero attached hydrogens (tertiary/aromatic N) is 3. The predicted molar refractivity (Wildman–Crippen MR) is 83.6 cm³/mol. The first-order chi connectivity index (χ1) is 10.1. The number of rotatable bonds is 3. The monoisotopic (exact) mass is 350 g/mol. The first-order valence-electron chi connectivity index (χ1n) is 6.84. The molecule has 0 aromatic carbocycles. The van der Waals surface area contributed by atoms with E-state index >= 15 is 0 Å². The predicted octanol–water partition coefficient (Wildman–Crippen LogP) is 3.05. The van der Waals surface area contributed by atoms with Gasteiger partial charge in [0, 0.05) is 37.9 Å². The first kappa shape index (κ1) is 14.4. The van der Waals surface area contributed by atoms with Crippen molar-refractivity contribution in [1.29, 1.82) is 0 Å². The number of aromatic nitrogens is 2. The van der Waals surface area contributed by atoms with Gasteiger partial charge in [0.05, 0.1) is 6.20 Å². The summed E-state index contributed by atoms with van der Waals surface area (Å²) in [5, 5.41) is 3.47. The van der Waals surface area contributed by atoms with Crippen molar-refractivity contribution < 1.29 is 4.39 Å². The summed E-state index contributed by atoms with van der Waals surface area (Å²) in [4.78, 5) is 10.6. The van der Waals surface area contributed by atoms with Crippen LogP contribution < -0.4 is 10.2 Å². The zero-order chi connectivity index (χ0) is 14.8. The number of halogens is 2. The molecule has 0 aliphatic carbocycles. The highest BCUT2D eigenvalue weighted by Crippen LogP contribution is 2.32. The maximum Gasteiger partial charge on any atom is 0.141 e. The van der Waals surface area contributed by atoms with Gasteiger partial charge in [-0.25, -0.2) is 9.37 Å². The van der Waals surface area contributed by atoms with Crippen LogP contribution in [0, 0.1) is 5.82 Å². The summed E-state index contributed by atoms with van der Waals surface area (Å²) < 4.78 is 14.0. The quantitative estimate of drug-likeness (QED) is 0.863. The van der Waals surface area contributed by atoms with E-state index in [1.807, 2.05) is 13.1 Å². The van der Waals surface area contributed by atoms with Crippen LogP contribution in [-0.4, -0.2) is 23.6 Å². The third-order valence-electron chi connectivity index (χ3n) is 3.68. The molecular weight excluding hydrogens is 335 g/mol. The lowest BCUT2D eigenvalue weighted by Gasteiger charge is -2.32. The van der Waals surface area contributed by atoms with Gasteiger partial charge >= 0.3 is 0 Å². The number of hydrogen-bond donors (Lipinski definition) is 1. The van der Waals surface area contributed by atoms with Gasteiger partial charge in [-0.1, -0.05) is 6.07 Å². The van der Waals surface area contributed by atoms with Crippen LogP contribution in [0.1, 0.15) is 23.6 Å². The minimum Gasteiger partial charge on any atom is -0.359 e. The number of nitrogens with one attached hydrogen (secondary N) is 1. The Bertz CT molecular complexity index is 649. The van der Waals surface area contributed by atoms with Crippen LogP contribution in [0.15, 0.2) is 35.2 Å². The van der Waals surface area contributed by atoms with Crippen molar-refractivity contribution in [3.63, 3.8) is 0 Å². The number of hydrogen-bond acceptors (Lipinski definition) is 4. The van der Waals surface area contributed by atoms with Gasteiger partial charge in [-0.05, 0) is 40.0 Å². The second kappa shape index (κ2) is 6.07. The van der Waals surface area contributed by atoms with Crippen LogP contribution >= 0.6 is 15.9 Å². The highest BCUT2D eigenvalue weighted by atomic mass is 79.9. The van der Waals surface area contributed by atoms with Crippen LogP contribution in [0.5, 0.6) is 0 Å². The number of anilines is 1. The lowest BCUT2D eigenvalue weighted by Crippen LogP contribution is -2.34. The number of pyridine rings is 2. The topological polar surface area (TPSA) is 41.0 Å². The minimum atomic E-state index is -0.302. The Morgan fingerprint density at radius 3 is 3.10 bits per heavy atom. The zero-order valence-corrected chi connectivity index (χ0v) is 13.3. The fraction of sp³-hybridized carbons (Fsp3) is 0.333. The van der Waals surface area contributed by atoms with Gasteiger partial charge in [0.15, 0.2) is 0 Å². The molecule has 1 unspecified atom stereocenters. The highest BCUT2D eigenvalue weighted by molar-refractivity contribution is 9.10. The maximum atomic E-state index is 13.2. The van der Waals surface area contributed by atoms with Crippen LogP contribution in [0.3, 0.4) is 0 Å². The van der Waals surface area contributed by atoms with Crippen molar-refractivity contribution in [3.05, 3.63) is 52.1 Å². The molecule has 1 aliphatic heterocycles. The molecule has 1 atom stereocenters. The minimum absolute atomic E-state index is 0.222. The van der Waals surface area contributed by atoms with E-state index in [1.54, 1.807) is 6.20 Å². The van der Waals surface area contributed by atoms with Crippen molar-refractivity contribution in [2.45, 2.75) is 19.0 Å². The molecule has 0 bridgehead atoms. The summed E-state index contributed by atoms with van der Waals surface area (Å²) in [7, 11) is 2.05. The summed E-state index contributed by atoms with van der Waals surface area (Å²) in [6, 6.07) is 5.77. The van der Waals surface area contributed by atoms with Crippen molar-refractivity contribution in [1.82, 2.24) is 15.3 Å². The van der Waals surface area contributed by atoms with Crippen molar-refractivity contribution in [2.24, 2.45) is 0 Å². The average molecular weight is 351 g/mol. The van der Waals surface area contributed by atoms with E-state index in [1.165, 1.54) is 17.8 Å². The van der Waals surface area contributed by atoms with Crippen molar-refractivity contribution in [2.75, 3.05) is 18.5 Å². The SMILES string of the molecule is CN1CCC(NCc2cncc(F)c2)c2ccc(Br)nc21. The Morgan fingerprint density at radius 2 is 2.29 bits per heavy atom. The molecule has 0 fully saturated rings. The van der Waals surface area contributed by atoms with Crippen LogP contribution in [0.25, 0.3) is 0 Å². The Balaban J connectivity index is 1.77. The molecule has 3 heterocycles. The molecule has 21 heavy (non-hydrogen) atoms. The lowest BCUT2D eigenvalue weighted by atomic mass is 10.00. The van der Waals surface area contributed by atoms with E-state index in [9.17, 15) is 4.39 Å². The largest absolute Gasteiger partial charge is 0.359 e. The lowest BCUT2D eigenvalue weighted by molar-refractivity contribution is 0.479. The standard InChI is InChI=1S/C15H16BrFN4/c1-21-5-4-13(12-2-3-14(16)20-15(12)21)19-8-10-6-11(17)9-18-7-10/h2-3,6-7,9,13,19H,4-5,8H2,1H3. The molecule has 4 nitrogen and oxygen atoms in total. The number of fused-ring (bicyclic) bond motifs is 1. The molecule has 0 saturated carbocycles. The molecule has 2 aromatic heterocycles. The molecule has 0 radical (unpaired) electrons. The van der Waals surface area contributed by atoms with E-state index in [0.717, 1.165) is 29.0 Å². The summed E-state index contributed by atoms with van der Waals surface area (Å²) in [6.45, 7) is 1.53. The third-order valence-corrected chi connectivity index (χ3v) is 4.12. The fourth-order valence-corrected chi connectivity index (χ4v) is 2.90.